The number of nitrogens with zero attached hydrogens (tertiary/aromatic N) is 2. The Hall–Kier alpha value is -2.74. The summed E-state index contributed by atoms with van der Waals surface area (Å²) in [4.78, 5) is 30.4. The molecule has 0 N–H and O–H groups in total. The van der Waals surface area contributed by atoms with Gasteiger partial charge < -0.3 is 13.7 Å². The summed E-state index contributed by atoms with van der Waals surface area (Å²) in [5.41, 5.74) is 1.74. The molecule has 2 aromatic carbocycles. The van der Waals surface area contributed by atoms with Crippen LogP contribution in [0.5, 0.6) is 0 Å². The summed E-state index contributed by atoms with van der Waals surface area (Å²) in [6.45, 7) is 5.41. The van der Waals surface area contributed by atoms with Crippen LogP contribution in [-0.2, 0) is 11.3 Å². The van der Waals surface area contributed by atoms with Crippen molar-refractivity contribution in [2.24, 2.45) is 4.99 Å². The lowest BCUT2D eigenvalue weighted by Crippen LogP contribution is -2.22. The summed E-state index contributed by atoms with van der Waals surface area (Å²) in [7, 11) is 0. The van der Waals surface area contributed by atoms with E-state index in [2.05, 4.69) is 4.99 Å². The van der Waals surface area contributed by atoms with Gasteiger partial charge in [0.15, 0.2) is 4.80 Å². The highest BCUT2D eigenvalue weighted by Gasteiger charge is 2.16. The number of rotatable bonds is 5. The Kier molecular flexibility index (Phi) is 5.85. The van der Waals surface area contributed by atoms with Crippen LogP contribution in [0.4, 0.5) is 0 Å². The molecule has 4 aromatic rings. The fourth-order valence-electron chi connectivity index (χ4n) is 3.28. The zero-order valence-electron chi connectivity index (χ0n) is 16.5. The average Bonchev–Trinajstić information content (AvgIpc) is 3.09. The molecule has 2 aromatic heterocycles. The number of ether oxygens (including phenoxy) is 1. The summed E-state index contributed by atoms with van der Waals surface area (Å²) < 4.78 is 13.8. The summed E-state index contributed by atoms with van der Waals surface area (Å²) in [6.07, 6.45) is 1.18. The number of hydrogen-bond acceptors (Lipinski definition) is 5. The first kappa shape index (κ1) is 20.5. The van der Waals surface area contributed by atoms with Gasteiger partial charge in [-0.25, -0.2) is 0 Å². The lowest BCUT2D eigenvalue weighted by molar-refractivity contribution is 0.0994. The van der Waals surface area contributed by atoms with E-state index in [1.807, 2.05) is 30.5 Å². The number of aromatic nitrogens is 1. The van der Waals surface area contributed by atoms with E-state index >= 15 is 0 Å². The Morgan fingerprint density at radius 3 is 2.87 bits per heavy atom. The van der Waals surface area contributed by atoms with Crippen LogP contribution in [0, 0.1) is 6.92 Å². The van der Waals surface area contributed by atoms with Crippen molar-refractivity contribution in [1.82, 2.24) is 4.57 Å². The van der Waals surface area contributed by atoms with E-state index < -0.39 is 11.3 Å². The van der Waals surface area contributed by atoms with Crippen molar-refractivity contribution in [3.63, 3.8) is 0 Å². The van der Waals surface area contributed by atoms with E-state index in [9.17, 15) is 9.59 Å². The maximum absolute atomic E-state index is 12.9. The van der Waals surface area contributed by atoms with Crippen molar-refractivity contribution in [2.45, 2.75) is 20.4 Å². The molecule has 0 radical (unpaired) electrons. The molecule has 0 aliphatic carbocycles. The predicted octanol–water partition coefficient (Wildman–Crippen LogP) is 4.55. The smallest absolute Gasteiger partial charge is 0.286 e. The van der Waals surface area contributed by atoms with Gasteiger partial charge in [-0.05, 0) is 43.7 Å². The molecule has 0 spiro atoms. The van der Waals surface area contributed by atoms with Gasteiger partial charge in [0.1, 0.15) is 17.4 Å². The minimum absolute atomic E-state index is 0.0998. The molecule has 1 amide bonds. The molecule has 4 rings (SSSR count). The Morgan fingerprint density at radius 2 is 2.07 bits per heavy atom. The fourth-order valence-corrected chi connectivity index (χ4v) is 4.55. The number of amides is 1. The number of fused-ring (bicyclic) bond motifs is 2. The lowest BCUT2D eigenvalue weighted by Gasteiger charge is -2.08. The molecule has 0 aliphatic rings. The molecule has 2 heterocycles. The Balaban J connectivity index is 1.87. The molecule has 0 saturated heterocycles. The third-order valence-corrected chi connectivity index (χ3v) is 6.25. The number of carbonyl (C=O) groups excluding carboxylic acids is 1. The highest BCUT2D eigenvalue weighted by molar-refractivity contribution is 7.16. The molecule has 0 fully saturated rings. The van der Waals surface area contributed by atoms with Gasteiger partial charge in [0.05, 0.1) is 22.2 Å². The van der Waals surface area contributed by atoms with Crippen LogP contribution >= 0.6 is 22.9 Å². The molecule has 8 heteroatoms. The van der Waals surface area contributed by atoms with E-state index in [4.69, 9.17) is 20.8 Å². The van der Waals surface area contributed by atoms with Crippen LogP contribution in [0.15, 0.2) is 56.9 Å². The minimum atomic E-state index is -0.644. The third kappa shape index (κ3) is 3.71. The lowest BCUT2D eigenvalue weighted by atomic mass is 10.1. The van der Waals surface area contributed by atoms with Crippen LogP contribution in [0.2, 0.25) is 5.02 Å². The van der Waals surface area contributed by atoms with Crippen molar-refractivity contribution >= 4 is 50.0 Å². The fraction of sp³-hybridized carbons (Fsp3) is 0.227. The average molecular weight is 443 g/mol. The third-order valence-electron chi connectivity index (χ3n) is 4.80. The van der Waals surface area contributed by atoms with E-state index in [1.54, 1.807) is 24.3 Å². The first-order valence-corrected chi connectivity index (χ1v) is 10.7. The van der Waals surface area contributed by atoms with Gasteiger partial charge in [0.25, 0.3) is 5.91 Å². The molecule has 0 unspecified atom stereocenters. The molecule has 0 bridgehead atoms. The Labute approximate surface area is 181 Å². The summed E-state index contributed by atoms with van der Waals surface area (Å²) >= 11 is 7.68. The second-order valence-electron chi connectivity index (χ2n) is 6.64. The van der Waals surface area contributed by atoms with Crippen LogP contribution < -0.4 is 10.2 Å². The van der Waals surface area contributed by atoms with E-state index in [-0.39, 0.29) is 5.56 Å². The zero-order chi connectivity index (χ0) is 21.3. The normalized spacial score (nSPS) is 12.2. The van der Waals surface area contributed by atoms with E-state index in [0.717, 1.165) is 15.8 Å². The number of hydrogen-bond donors (Lipinski definition) is 0. The Bertz CT molecular complexity index is 1380. The SMILES string of the molecule is CCOCCn1c(=NC(=O)c2coc3ccccc3c2=O)sc2ccc(Cl)c(C)c21. The molecule has 154 valence electrons. The van der Waals surface area contributed by atoms with Crippen LogP contribution in [0.1, 0.15) is 22.8 Å². The molecule has 30 heavy (non-hydrogen) atoms. The number of aryl methyl sites for hydroxylation is 1. The van der Waals surface area contributed by atoms with Gasteiger partial charge in [0, 0.05) is 18.2 Å². The number of carbonyl (C=O) groups is 1. The molecule has 0 aliphatic heterocycles. The number of para-hydroxylation sites is 1. The predicted molar refractivity (Wildman–Crippen MR) is 118 cm³/mol. The van der Waals surface area contributed by atoms with Gasteiger partial charge in [-0.1, -0.05) is 35.1 Å². The molecule has 0 saturated carbocycles. The standard InChI is InChI=1S/C22H19ClN2O4S/c1-3-28-11-10-25-19-13(2)16(23)8-9-18(19)30-22(25)24-21(27)15-12-29-17-7-5-4-6-14(17)20(15)26/h4-9,12H,3,10-11H2,1-2H3. The molecule has 0 atom stereocenters. The quantitative estimate of drug-likeness (QED) is 0.425. The van der Waals surface area contributed by atoms with Gasteiger partial charge in [0.2, 0.25) is 5.43 Å². The maximum Gasteiger partial charge on any atom is 0.286 e. The second kappa shape index (κ2) is 8.55. The van der Waals surface area contributed by atoms with E-state index in [0.29, 0.717) is 40.6 Å². The van der Waals surface area contributed by atoms with Gasteiger partial charge >= 0.3 is 0 Å². The monoisotopic (exact) mass is 442 g/mol. The minimum Gasteiger partial charge on any atom is -0.463 e. The first-order valence-electron chi connectivity index (χ1n) is 9.47. The van der Waals surface area contributed by atoms with Gasteiger partial charge in [-0.3, -0.25) is 9.59 Å². The summed E-state index contributed by atoms with van der Waals surface area (Å²) in [6, 6.07) is 10.5. The number of thiazole rings is 1. The second-order valence-corrected chi connectivity index (χ2v) is 8.06. The number of halogens is 1. The molecular formula is C22H19ClN2O4S. The van der Waals surface area contributed by atoms with E-state index in [1.165, 1.54) is 17.6 Å². The van der Waals surface area contributed by atoms with Crippen LogP contribution in [-0.4, -0.2) is 23.7 Å². The summed E-state index contributed by atoms with van der Waals surface area (Å²) in [5.74, 6) is -0.644. The molecular weight excluding hydrogens is 424 g/mol. The molecule has 6 nitrogen and oxygen atoms in total. The number of benzene rings is 2. The van der Waals surface area contributed by atoms with Crippen molar-refractivity contribution in [3.8, 4) is 0 Å². The van der Waals surface area contributed by atoms with Crippen molar-refractivity contribution in [3.05, 3.63) is 73.8 Å². The van der Waals surface area contributed by atoms with Crippen LogP contribution in [0.3, 0.4) is 0 Å². The largest absolute Gasteiger partial charge is 0.463 e. The maximum atomic E-state index is 12.9. The van der Waals surface area contributed by atoms with Gasteiger partial charge in [-0.2, -0.15) is 4.99 Å². The first-order chi connectivity index (χ1) is 14.5. The topological polar surface area (TPSA) is 73.8 Å². The van der Waals surface area contributed by atoms with Gasteiger partial charge in [-0.15, -0.1) is 0 Å². The summed E-state index contributed by atoms with van der Waals surface area (Å²) in [5, 5.41) is 0.986. The van der Waals surface area contributed by atoms with Crippen molar-refractivity contribution in [1.29, 1.82) is 0 Å². The zero-order valence-corrected chi connectivity index (χ0v) is 18.0. The van der Waals surface area contributed by atoms with Crippen molar-refractivity contribution in [2.75, 3.05) is 13.2 Å². The Morgan fingerprint density at radius 1 is 1.27 bits per heavy atom. The highest BCUT2D eigenvalue weighted by Crippen LogP contribution is 2.27. The van der Waals surface area contributed by atoms with Crippen LogP contribution in [0.25, 0.3) is 21.2 Å². The highest BCUT2D eigenvalue weighted by atomic mass is 35.5. The van der Waals surface area contributed by atoms with Crippen molar-refractivity contribution < 1.29 is 13.9 Å².